The maximum Gasteiger partial charge on any atom is 0.0948 e. The van der Waals surface area contributed by atoms with Crippen molar-refractivity contribution in [3.8, 4) is 0 Å². The quantitative estimate of drug-likeness (QED) is 0.463. The van der Waals surface area contributed by atoms with Gasteiger partial charge in [-0.05, 0) is 24.1 Å². The molecule has 0 aliphatic carbocycles. The molecule has 1 aromatic carbocycles. The zero-order valence-corrected chi connectivity index (χ0v) is 12.0. The summed E-state index contributed by atoms with van der Waals surface area (Å²) in [5, 5.41) is 3.49. The molecular formula is C13H15N5OS. The highest BCUT2D eigenvalue weighted by Crippen LogP contribution is 2.17. The molecule has 0 saturated heterocycles. The van der Waals surface area contributed by atoms with Gasteiger partial charge in [-0.25, -0.2) is 4.98 Å². The highest BCUT2D eigenvalue weighted by molar-refractivity contribution is 7.84. The SMILES string of the molecule is CCCn1cncc1CS(=O)c1ccc(N=[N+]=[N-])cc1. The molecule has 0 spiro atoms. The molecule has 0 aliphatic rings. The maximum absolute atomic E-state index is 12.3. The number of imidazole rings is 1. The molecule has 0 bridgehead atoms. The standard InChI is InChI=1S/C13H15N5OS/c1-2-7-18-10-15-8-12(18)9-20(19)13-5-3-11(4-6-13)16-17-14/h3-6,8,10H,2,7,9H2,1H3. The second-order valence-corrected chi connectivity index (χ2v) is 5.70. The van der Waals surface area contributed by atoms with Gasteiger partial charge in [-0.3, -0.25) is 4.21 Å². The van der Waals surface area contributed by atoms with E-state index < -0.39 is 10.8 Å². The minimum absolute atomic E-state index is 0.431. The van der Waals surface area contributed by atoms with Gasteiger partial charge in [-0.1, -0.05) is 24.2 Å². The van der Waals surface area contributed by atoms with Crippen LogP contribution in [0, 0.1) is 0 Å². The van der Waals surface area contributed by atoms with E-state index >= 15 is 0 Å². The molecule has 20 heavy (non-hydrogen) atoms. The van der Waals surface area contributed by atoms with Crippen LogP contribution in [0.2, 0.25) is 0 Å². The van der Waals surface area contributed by atoms with Gasteiger partial charge in [0.1, 0.15) is 0 Å². The van der Waals surface area contributed by atoms with Crippen LogP contribution < -0.4 is 0 Å². The lowest BCUT2D eigenvalue weighted by atomic mass is 10.3. The van der Waals surface area contributed by atoms with Crippen molar-refractivity contribution in [2.24, 2.45) is 5.11 Å². The number of aromatic nitrogens is 2. The van der Waals surface area contributed by atoms with E-state index in [0.717, 1.165) is 18.7 Å². The Morgan fingerprint density at radius 2 is 2.15 bits per heavy atom. The Morgan fingerprint density at radius 1 is 1.40 bits per heavy atom. The molecule has 7 heteroatoms. The zero-order chi connectivity index (χ0) is 14.4. The summed E-state index contributed by atoms with van der Waals surface area (Å²) in [7, 11) is -1.13. The van der Waals surface area contributed by atoms with E-state index in [0.29, 0.717) is 16.3 Å². The number of rotatable bonds is 6. The van der Waals surface area contributed by atoms with E-state index in [9.17, 15) is 4.21 Å². The van der Waals surface area contributed by atoms with E-state index in [1.54, 1.807) is 36.8 Å². The van der Waals surface area contributed by atoms with Crippen molar-refractivity contribution in [2.45, 2.75) is 30.5 Å². The second kappa shape index (κ2) is 6.88. The summed E-state index contributed by atoms with van der Waals surface area (Å²) in [6.45, 7) is 2.97. The van der Waals surface area contributed by atoms with Crippen molar-refractivity contribution in [3.05, 3.63) is 52.9 Å². The summed E-state index contributed by atoms with van der Waals surface area (Å²) in [5.74, 6) is 0.431. The molecule has 6 nitrogen and oxygen atoms in total. The lowest BCUT2D eigenvalue weighted by Gasteiger charge is -2.06. The highest BCUT2D eigenvalue weighted by Gasteiger charge is 2.09. The van der Waals surface area contributed by atoms with Crippen LogP contribution in [0.3, 0.4) is 0 Å². The molecule has 0 amide bonds. The fourth-order valence-corrected chi connectivity index (χ4v) is 2.96. The monoisotopic (exact) mass is 289 g/mol. The third kappa shape index (κ3) is 3.46. The minimum atomic E-state index is -1.13. The van der Waals surface area contributed by atoms with Crippen LogP contribution in [-0.2, 0) is 23.1 Å². The first-order chi connectivity index (χ1) is 9.74. The Hall–Kier alpha value is -2.11. The normalized spacial score (nSPS) is 11.8. The molecular weight excluding hydrogens is 274 g/mol. The Labute approximate surface area is 119 Å². The summed E-state index contributed by atoms with van der Waals surface area (Å²) in [4.78, 5) is 7.52. The average Bonchev–Trinajstić information content (AvgIpc) is 2.88. The lowest BCUT2D eigenvalue weighted by molar-refractivity contribution is 0.652. The Balaban J connectivity index is 2.11. The molecule has 104 valence electrons. The van der Waals surface area contributed by atoms with Gasteiger partial charge in [-0.2, -0.15) is 0 Å². The fraction of sp³-hybridized carbons (Fsp3) is 0.308. The van der Waals surface area contributed by atoms with Gasteiger partial charge < -0.3 is 4.57 Å². The molecule has 2 aromatic rings. The first kappa shape index (κ1) is 14.3. The van der Waals surface area contributed by atoms with Crippen molar-refractivity contribution in [1.82, 2.24) is 9.55 Å². The molecule has 1 aromatic heterocycles. The molecule has 0 N–H and O–H groups in total. The van der Waals surface area contributed by atoms with Crippen LogP contribution in [0.15, 0.2) is 46.8 Å². The van der Waals surface area contributed by atoms with Gasteiger partial charge in [0.05, 0.1) is 28.6 Å². The lowest BCUT2D eigenvalue weighted by Crippen LogP contribution is -2.04. The van der Waals surface area contributed by atoms with E-state index in [1.807, 2.05) is 4.57 Å². The maximum atomic E-state index is 12.3. The van der Waals surface area contributed by atoms with Crippen molar-refractivity contribution >= 4 is 16.5 Å². The molecule has 0 radical (unpaired) electrons. The van der Waals surface area contributed by atoms with E-state index in [2.05, 4.69) is 21.9 Å². The van der Waals surface area contributed by atoms with Gasteiger partial charge in [0.2, 0.25) is 0 Å². The van der Waals surface area contributed by atoms with Crippen molar-refractivity contribution in [1.29, 1.82) is 0 Å². The summed E-state index contributed by atoms with van der Waals surface area (Å²) in [6.07, 6.45) is 4.53. The van der Waals surface area contributed by atoms with Gasteiger partial charge in [0.25, 0.3) is 0 Å². The van der Waals surface area contributed by atoms with Gasteiger partial charge >= 0.3 is 0 Å². The van der Waals surface area contributed by atoms with E-state index in [4.69, 9.17) is 5.53 Å². The number of benzene rings is 1. The first-order valence-corrected chi connectivity index (χ1v) is 7.59. The van der Waals surface area contributed by atoms with Crippen molar-refractivity contribution in [2.75, 3.05) is 0 Å². The van der Waals surface area contributed by atoms with Crippen LogP contribution >= 0.6 is 0 Å². The Kier molecular flexibility index (Phi) is 4.92. The van der Waals surface area contributed by atoms with E-state index in [1.165, 1.54) is 0 Å². The number of aryl methyl sites for hydroxylation is 1. The van der Waals surface area contributed by atoms with Crippen molar-refractivity contribution in [3.63, 3.8) is 0 Å². The van der Waals surface area contributed by atoms with Crippen molar-refractivity contribution < 1.29 is 4.21 Å². The van der Waals surface area contributed by atoms with Crippen LogP contribution in [0.25, 0.3) is 10.4 Å². The van der Waals surface area contributed by atoms with Gasteiger partial charge in [0.15, 0.2) is 0 Å². The summed E-state index contributed by atoms with van der Waals surface area (Å²) in [5.41, 5.74) is 9.82. The second-order valence-electron chi connectivity index (χ2n) is 4.25. The Morgan fingerprint density at radius 3 is 2.80 bits per heavy atom. The Bertz CT molecular complexity index is 643. The number of nitrogens with zero attached hydrogens (tertiary/aromatic N) is 5. The van der Waals surface area contributed by atoms with Gasteiger partial charge in [-0.15, -0.1) is 0 Å². The number of azide groups is 1. The van der Waals surface area contributed by atoms with Crippen LogP contribution in [0.1, 0.15) is 19.0 Å². The smallest absolute Gasteiger partial charge is 0.0948 e. The first-order valence-electron chi connectivity index (χ1n) is 6.27. The summed E-state index contributed by atoms with van der Waals surface area (Å²) < 4.78 is 14.3. The van der Waals surface area contributed by atoms with Crippen LogP contribution in [-0.4, -0.2) is 13.8 Å². The van der Waals surface area contributed by atoms with Crippen LogP contribution in [0.4, 0.5) is 5.69 Å². The number of hydrogen-bond acceptors (Lipinski definition) is 3. The van der Waals surface area contributed by atoms with E-state index in [-0.39, 0.29) is 0 Å². The third-order valence-corrected chi connectivity index (χ3v) is 4.16. The average molecular weight is 289 g/mol. The van der Waals surface area contributed by atoms with Gasteiger partial charge in [0, 0.05) is 28.2 Å². The largest absolute Gasteiger partial charge is 0.334 e. The minimum Gasteiger partial charge on any atom is -0.334 e. The molecule has 0 saturated carbocycles. The predicted octanol–water partition coefficient (Wildman–Crippen LogP) is 3.54. The molecule has 1 atom stereocenters. The molecule has 0 fully saturated rings. The summed E-state index contributed by atoms with van der Waals surface area (Å²) >= 11 is 0. The number of hydrogen-bond donors (Lipinski definition) is 0. The molecule has 0 aliphatic heterocycles. The van der Waals surface area contributed by atoms with Crippen LogP contribution in [0.5, 0.6) is 0 Å². The molecule has 1 heterocycles. The predicted molar refractivity (Wildman–Crippen MR) is 77.9 cm³/mol. The molecule has 2 rings (SSSR count). The topological polar surface area (TPSA) is 83.7 Å². The summed E-state index contributed by atoms with van der Waals surface area (Å²) in [6, 6.07) is 6.77. The zero-order valence-electron chi connectivity index (χ0n) is 11.1. The highest BCUT2D eigenvalue weighted by atomic mass is 32.2. The molecule has 1 unspecified atom stereocenters. The fourth-order valence-electron chi connectivity index (χ4n) is 1.84. The third-order valence-electron chi connectivity index (χ3n) is 2.80.